The molecule has 1 aliphatic heterocycles. The molecule has 5 rings (SSSR count). The number of carbonyl (C=O) groups is 1. The maximum Gasteiger partial charge on any atom is 0.274 e. The molecule has 4 aromatic rings. The van der Waals surface area contributed by atoms with Crippen LogP contribution in [0.25, 0.3) is 11.0 Å². The van der Waals surface area contributed by atoms with E-state index in [2.05, 4.69) is 30.3 Å². The highest BCUT2D eigenvalue weighted by Crippen LogP contribution is 2.23. The van der Waals surface area contributed by atoms with Gasteiger partial charge in [-0.25, -0.2) is 14.4 Å². The van der Waals surface area contributed by atoms with Crippen LogP contribution in [0.2, 0.25) is 0 Å². The summed E-state index contributed by atoms with van der Waals surface area (Å²) in [5, 5.41) is 6.60. The highest BCUT2D eigenvalue weighted by Gasteiger charge is 2.23. The zero-order chi connectivity index (χ0) is 25.4. The molecule has 0 atom stereocenters. The molecular formula is C24H24F2N8O2. The number of nitrogens with one attached hydrogen (secondary N) is 2. The molecule has 1 fully saturated rings. The summed E-state index contributed by atoms with van der Waals surface area (Å²) in [6.45, 7) is 4.08. The van der Waals surface area contributed by atoms with Gasteiger partial charge >= 0.3 is 0 Å². The normalized spacial score (nSPS) is 14.4. The average molecular weight is 495 g/mol. The summed E-state index contributed by atoms with van der Waals surface area (Å²) >= 11 is 0. The summed E-state index contributed by atoms with van der Waals surface area (Å²) in [6, 6.07) is 6.40. The third-order valence-electron chi connectivity index (χ3n) is 6.19. The first-order chi connectivity index (χ1) is 17.3. The summed E-state index contributed by atoms with van der Waals surface area (Å²) in [5.74, 6) is -1.74. The van der Waals surface area contributed by atoms with Crippen molar-refractivity contribution in [1.82, 2.24) is 29.6 Å². The maximum absolute atomic E-state index is 15.0. The van der Waals surface area contributed by atoms with Gasteiger partial charge in [-0.15, -0.1) is 0 Å². The van der Waals surface area contributed by atoms with Gasteiger partial charge in [0, 0.05) is 51.5 Å². The van der Waals surface area contributed by atoms with E-state index in [1.54, 1.807) is 43.0 Å². The van der Waals surface area contributed by atoms with Gasteiger partial charge < -0.3 is 15.2 Å². The van der Waals surface area contributed by atoms with Crippen molar-refractivity contribution in [3.05, 3.63) is 75.7 Å². The Balaban J connectivity index is 1.23. The van der Waals surface area contributed by atoms with Gasteiger partial charge in [-0.3, -0.25) is 19.2 Å². The number of aromatic amines is 1. The molecule has 2 N–H and O–H groups in total. The van der Waals surface area contributed by atoms with Crippen molar-refractivity contribution in [2.24, 2.45) is 7.05 Å². The minimum absolute atomic E-state index is 0.0340. The third-order valence-corrected chi connectivity index (χ3v) is 6.19. The molecule has 186 valence electrons. The van der Waals surface area contributed by atoms with Crippen LogP contribution in [0.15, 0.2) is 41.5 Å². The van der Waals surface area contributed by atoms with Gasteiger partial charge in [0.05, 0.1) is 23.1 Å². The number of nitrogens with zero attached hydrogens (tertiary/aromatic N) is 6. The second-order valence-corrected chi connectivity index (χ2v) is 8.71. The fourth-order valence-electron chi connectivity index (χ4n) is 4.24. The predicted molar refractivity (Wildman–Crippen MR) is 130 cm³/mol. The summed E-state index contributed by atoms with van der Waals surface area (Å²) in [6.07, 6.45) is 3.12. The van der Waals surface area contributed by atoms with Gasteiger partial charge in [0.15, 0.2) is 5.82 Å². The molecule has 10 nitrogen and oxygen atoms in total. The second-order valence-electron chi connectivity index (χ2n) is 8.71. The van der Waals surface area contributed by atoms with Crippen LogP contribution >= 0.6 is 0 Å². The van der Waals surface area contributed by atoms with Crippen LogP contribution in [0.4, 0.5) is 20.2 Å². The van der Waals surface area contributed by atoms with Gasteiger partial charge in [-0.1, -0.05) is 6.07 Å². The van der Waals surface area contributed by atoms with Crippen molar-refractivity contribution in [1.29, 1.82) is 0 Å². The molecule has 1 amide bonds. The molecule has 12 heteroatoms. The van der Waals surface area contributed by atoms with E-state index in [0.717, 1.165) is 0 Å². The van der Waals surface area contributed by atoms with Gasteiger partial charge in [0.25, 0.3) is 11.5 Å². The highest BCUT2D eigenvalue weighted by atomic mass is 19.1. The van der Waals surface area contributed by atoms with E-state index in [1.165, 1.54) is 12.3 Å². The Morgan fingerprint density at radius 2 is 1.89 bits per heavy atom. The van der Waals surface area contributed by atoms with Crippen LogP contribution in [0.5, 0.6) is 0 Å². The lowest BCUT2D eigenvalue weighted by Gasteiger charge is -2.36. The predicted octanol–water partition coefficient (Wildman–Crippen LogP) is 2.21. The molecule has 0 bridgehead atoms. The smallest absolute Gasteiger partial charge is 0.274 e. The molecule has 0 spiro atoms. The monoisotopic (exact) mass is 494 g/mol. The van der Waals surface area contributed by atoms with Crippen LogP contribution in [0, 0.1) is 18.7 Å². The molecule has 4 heterocycles. The van der Waals surface area contributed by atoms with Gasteiger partial charge in [0.2, 0.25) is 5.95 Å². The summed E-state index contributed by atoms with van der Waals surface area (Å²) in [4.78, 5) is 38.7. The van der Waals surface area contributed by atoms with Crippen LogP contribution in [0.1, 0.15) is 21.7 Å². The SMILES string of the molecule is Cc1nc2ccc(CN3CCN(c4ccc(C(=O)Nc5cnn(C)c5)nc4F)CC3)c(F)c2[nH]c1=O. The van der Waals surface area contributed by atoms with Crippen LogP contribution < -0.4 is 15.8 Å². The number of amides is 1. The summed E-state index contributed by atoms with van der Waals surface area (Å²) < 4.78 is 31.4. The first kappa shape index (κ1) is 23.5. The lowest BCUT2D eigenvalue weighted by molar-refractivity contribution is 0.102. The molecule has 3 aromatic heterocycles. The van der Waals surface area contributed by atoms with E-state index < -0.39 is 23.2 Å². The molecule has 0 unspecified atom stereocenters. The number of aryl methyl sites for hydroxylation is 2. The number of anilines is 2. The van der Waals surface area contributed by atoms with Crippen molar-refractivity contribution < 1.29 is 13.6 Å². The molecule has 0 radical (unpaired) electrons. The summed E-state index contributed by atoms with van der Waals surface area (Å²) in [5.41, 5.74) is 1.59. The van der Waals surface area contributed by atoms with Crippen molar-refractivity contribution in [3.8, 4) is 0 Å². The highest BCUT2D eigenvalue weighted by molar-refractivity contribution is 6.02. The first-order valence-electron chi connectivity index (χ1n) is 11.4. The van der Waals surface area contributed by atoms with E-state index in [0.29, 0.717) is 55.2 Å². The topological polar surface area (TPSA) is 112 Å². The van der Waals surface area contributed by atoms with Crippen LogP contribution in [-0.2, 0) is 13.6 Å². The lowest BCUT2D eigenvalue weighted by atomic mass is 10.1. The number of benzene rings is 1. The average Bonchev–Trinajstić information content (AvgIpc) is 3.27. The Morgan fingerprint density at radius 1 is 1.11 bits per heavy atom. The van der Waals surface area contributed by atoms with Gasteiger partial charge in [-0.2, -0.15) is 9.49 Å². The number of pyridine rings is 1. The molecular weight excluding hydrogens is 470 g/mol. The Labute approximate surface area is 204 Å². The summed E-state index contributed by atoms with van der Waals surface area (Å²) in [7, 11) is 1.72. The Kier molecular flexibility index (Phi) is 6.18. The van der Waals surface area contributed by atoms with Gasteiger partial charge in [-0.05, 0) is 25.1 Å². The quantitative estimate of drug-likeness (QED) is 0.409. The number of aromatic nitrogens is 5. The van der Waals surface area contributed by atoms with E-state index in [1.807, 2.05) is 4.90 Å². The zero-order valence-electron chi connectivity index (χ0n) is 19.8. The third kappa shape index (κ3) is 4.67. The second kappa shape index (κ2) is 9.46. The van der Waals surface area contributed by atoms with Gasteiger partial charge in [0.1, 0.15) is 16.9 Å². The number of piperazine rings is 1. The number of hydrogen-bond donors (Lipinski definition) is 2. The Morgan fingerprint density at radius 3 is 2.58 bits per heavy atom. The number of halogens is 2. The molecule has 1 saturated heterocycles. The number of hydrogen-bond acceptors (Lipinski definition) is 7. The van der Waals surface area contributed by atoms with E-state index in [-0.39, 0.29) is 16.9 Å². The van der Waals surface area contributed by atoms with E-state index in [4.69, 9.17) is 0 Å². The van der Waals surface area contributed by atoms with Crippen molar-refractivity contribution in [2.45, 2.75) is 13.5 Å². The Bertz CT molecular complexity index is 1510. The minimum atomic E-state index is -0.727. The molecule has 0 aliphatic carbocycles. The largest absolute Gasteiger partial charge is 0.365 e. The lowest BCUT2D eigenvalue weighted by Crippen LogP contribution is -2.46. The number of fused-ring (bicyclic) bond motifs is 1. The van der Waals surface area contributed by atoms with E-state index >= 15 is 4.39 Å². The molecule has 1 aliphatic rings. The maximum atomic E-state index is 15.0. The van der Waals surface area contributed by atoms with Crippen LogP contribution in [0.3, 0.4) is 0 Å². The van der Waals surface area contributed by atoms with E-state index in [9.17, 15) is 14.0 Å². The van der Waals surface area contributed by atoms with Crippen molar-refractivity contribution in [3.63, 3.8) is 0 Å². The molecule has 0 saturated carbocycles. The van der Waals surface area contributed by atoms with Crippen molar-refractivity contribution >= 4 is 28.3 Å². The first-order valence-corrected chi connectivity index (χ1v) is 11.4. The fraction of sp³-hybridized carbons (Fsp3) is 0.292. The van der Waals surface area contributed by atoms with Crippen molar-refractivity contribution in [2.75, 3.05) is 36.4 Å². The van der Waals surface area contributed by atoms with Crippen LogP contribution in [-0.4, -0.2) is 61.7 Å². The number of rotatable bonds is 5. The standard InChI is InChI=1S/C24H24F2N8O2/c1-14-23(35)31-21-17(28-14)4-3-15(20(21)25)12-33-7-9-34(10-8-33)19-6-5-18(30-22(19)26)24(36)29-16-11-27-32(2)13-16/h3-6,11,13H,7-10,12H2,1-2H3,(H,29,36)(H,31,35). The number of carbonyl (C=O) groups excluding carboxylic acids is 1. The Hall–Kier alpha value is -4.19. The fourth-order valence-corrected chi connectivity index (χ4v) is 4.24. The molecule has 36 heavy (non-hydrogen) atoms. The molecule has 1 aromatic carbocycles. The minimum Gasteiger partial charge on any atom is -0.365 e. The number of H-pyrrole nitrogens is 1. The zero-order valence-corrected chi connectivity index (χ0v) is 19.8.